The lowest BCUT2D eigenvalue weighted by molar-refractivity contribution is -0.147. The van der Waals surface area contributed by atoms with Gasteiger partial charge in [0.05, 0.1) is 18.0 Å². The van der Waals surface area contributed by atoms with Crippen LogP contribution in [0.25, 0.3) is 0 Å². The second-order valence-electron chi connectivity index (χ2n) is 7.44. The highest BCUT2D eigenvalue weighted by molar-refractivity contribution is 5.79. The smallest absolute Gasteiger partial charge is 0.310 e. The van der Waals surface area contributed by atoms with E-state index in [2.05, 4.69) is 18.2 Å². The van der Waals surface area contributed by atoms with Gasteiger partial charge < -0.3 is 10.0 Å². The average molecular weight is 330 g/mol. The van der Waals surface area contributed by atoms with Gasteiger partial charge in [-0.2, -0.15) is 0 Å². The third-order valence-electron chi connectivity index (χ3n) is 5.63. The minimum atomic E-state index is -0.771. The average Bonchev–Trinajstić information content (AvgIpc) is 2.96. The third-order valence-corrected chi connectivity index (χ3v) is 5.63. The summed E-state index contributed by atoms with van der Waals surface area (Å²) < 4.78 is 0. The molecule has 5 heteroatoms. The van der Waals surface area contributed by atoms with Crippen LogP contribution in [0.15, 0.2) is 24.3 Å². The normalized spacial score (nSPS) is 26.8. The van der Waals surface area contributed by atoms with Gasteiger partial charge in [-0.15, -0.1) is 0 Å². The summed E-state index contributed by atoms with van der Waals surface area (Å²) in [5, 5.41) is 9.32. The summed E-state index contributed by atoms with van der Waals surface area (Å²) in [6, 6.07) is 8.50. The van der Waals surface area contributed by atoms with Crippen molar-refractivity contribution in [2.75, 3.05) is 26.7 Å². The Labute approximate surface area is 143 Å². The molecule has 0 aromatic heterocycles. The molecule has 1 N–H and O–H groups in total. The predicted molar refractivity (Wildman–Crippen MR) is 91.7 cm³/mol. The van der Waals surface area contributed by atoms with Crippen LogP contribution in [0.2, 0.25) is 0 Å². The van der Waals surface area contributed by atoms with Gasteiger partial charge in [-0.05, 0) is 50.3 Å². The molecule has 3 rings (SSSR count). The van der Waals surface area contributed by atoms with E-state index in [1.54, 1.807) is 6.92 Å². The SMILES string of the molecule is CN(C(=O)CN1CCC(C)(C(=O)O)C1)C1CCCc2ccccc21. The van der Waals surface area contributed by atoms with E-state index in [-0.39, 0.29) is 11.9 Å². The number of benzene rings is 1. The summed E-state index contributed by atoms with van der Waals surface area (Å²) in [5.41, 5.74) is 1.88. The number of fused-ring (bicyclic) bond motifs is 1. The van der Waals surface area contributed by atoms with Crippen molar-refractivity contribution in [2.24, 2.45) is 5.41 Å². The lowest BCUT2D eigenvalue weighted by Gasteiger charge is -2.34. The molecule has 24 heavy (non-hydrogen) atoms. The number of carboxylic acid groups (broad SMARTS) is 1. The van der Waals surface area contributed by atoms with Crippen LogP contribution in [0.1, 0.15) is 43.4 Å². The van der Waals surface area contributed by atoms with E-state index in [4.69, 9.17) is 0 Å². The molecule has 0 spiro atoms. The molecule has 0 radical (unpaired) electrons. The predicted octanol–water partition coefficient (Wildman–Crippen LogP) is 2.32. The quantitative estimate of drug-likeness (QED) is 0.920. The largest absolute Gasteiger partial charge is 0.481 e. The number of amides is 1. The first-order valence-electron chi connectivity index (χ1n) is 8.70. The van der Waals surface area contributed by atoms with E-state index in [1.165, 1.54) is 11.1 Å². The number of likely N-dealkylation sites (tertiary alicyclic amines) is 1. The molecule has 1 aromatic carbocycles. The van der Waals surface area contributed by atoms with E-state index in [0.717, 1.165) is 19.3 Å². The Morgan fingerprint density at radius 1 is 1.38 bits per heavy atom. The molecule has 2 atom stereocenters. The number of carbonyl (C=O) groups excluding carboxylic acids is 1. The summed E-state index contributed by atoms with van der Waals surface area (Å²) >= 11 is 0. The lowest BCUT2D eigenvalue weighted by atomic mass is 9.87. The van der Waals surface area contributed by atoms with Gasteiger partial charge in [0.25, 0.3) is 0 Å². The Bertz CT molecular complexity index is 645. The van der Waals surface area contributed by atoms with Crippen molar-refractivity contribution in [1.82, 2.24) is 9.80 Å². The van der Waals surface area contributed by atoms with Gasteiger partial charge in [0, 0.05) is 13.6 Å². The Hall–Kier alpha value is -1.88. The Kier molecular flexibility index (Phi) is 4.63. The summed E-state index contributed by atoms with van der Waals surface area (Å²) in [6.45, 7) is 3.19. The van der Waals surface area contributed by atoms with Crippen molar-refractivity contribution in [3.8, 4) is 0 Å². The van der Waals surface area contributed by atoms with E-state index >= 15 is 0 Å². The number of carboxylic acids is 1. The monoisotopic (exact) mass is 330 g/mol. The maximum absolute atomic E-state index is 12.7. The molecule has 1 heterocycles. The maximum atomic E-state index is 12.7. The van der Waals surface area contributed by atoms with Crippen molar-refractivity contribution in [3.63, 3.8) is 0 Å². The zero-order valence-corrected chi connectivity index (χ0v) is 14.5. The first-order chi connectivity index (χ1) is 11.4. The van der Waals surface area contributed by atoms with Gasteiger partial charge in [0.1, 0.15) is 0 Å². The highest BCUT2D eigenvalue weighted by Gasteiger charge is 2.41. The van der Waals surface area contributed by atoms with Crippen LogP contribution in [0.4, 0.5) is 0 Å². The minimum Gasteiger partial charge on any atom is -0.481 e. The Balaban J connectivity index is 1.65. The van der Waals surface area contributed by atoms with E-state index < -0.39 is 11.4 Å². The molecule has 1 saturated heterocycles. The number of rotatable bonds is 4. The zero-order valence-electron chi connectivity index (χ0n) is 14.5. The highest BCUT2D eigenvalue weighted by atomic mass is 16.4. The van der Waals surface area contributed by atoms with Gasteiger partial charge in [-0.25, -0.2) is 0 Å². The molecule has 5 nitrogen and oxygen atoms in total. The minimum absolute atomic E-state index is 0.0753. The van der Waals surface area contributed by atoms with Gasteiger partial charge in [-0.1, -0.05) is 24.3 Å². The van der Waals surface area contributed by atoms with Crippen LogP contribution in [0, 0.1) is 5.41 Å². The molecule has 2 unspecified atom stereocenters. The summed E-state index contributed by atoms with van der Waals surface area (Å²) in [5.74, 6) is -0.696. The molecule has 1 aliphatic carbocycles. The fourth-order valence-corrected chi connectivity index (χ4v) is 3.97. The van der Waals surface area contributed by atoms with E-state index in [0.29, 0.717) is 26.1 Å². The van der Waals surface area contributed by atoms with Gasteiger partial charge in [-0.3, -0.25) is 14.5 Å². The molecule has 2 aliphatic rings. The number of hydrogen-bond donors (Lipinski definition) is 1. The number of nitrogens with zero attached hydrogens (tertiary/aromatic N) is 2. The molecule has 1 aromatic rings. The van der Waals surface area contributed by atoms with Gasteiger partial charge in [0.2, 0.25) is 5.91 Å². The van der Waals surface area contributed by atoms with Crippen molar-refractivity contribution >= 4 is 11.9 Å². The van der Waals surface area contributed by atoms with E-state index in [9.17, 15) is 14.7 Å². The number of aryl methyl sites for hydroxylation is 1. The number of hydrogen-bond acceptors (Lipinski definition) is 3. The second-order valence-corrected chi connectivity index (χ2v) is 7.44. The maximum Gasteiger partial charge on any atom is 0.310 e. The second kappa shape index (κ2) is 6.55. The molecular weight excluding hydrogens is 304 g/mol. The molecule has 0 bridgehead atoms. The first kappa shape index (κ1) is 17.0. The van der Waals surface area contributed by atoms with Crippen molar-refractivity contribution < 1.29 is 14.7 Å². The number of likely N-dealkylation sites (N-methyl/N-ethyl adjacent to an activating group) is 1. The fraction of sp³-hybridized carbons (Fsp3) is 0.579. The molecule has 1 aliphatic heterocycles. The van der Waals surface area contributed by atoms with Crippen LogP contribution in [0.5, 0.6) is 0 Å². The van der Waals surface area contributed by atoms with Crippen LogP contribution in [-0.4, -0.2) is 53.5 Å². The molecule has 1 amide bonds. The van der Waals surface area contributed by atoms with Gasteiger partial charge in [0.15, 0.2) is 0 Å². The summed E-state index contributed by atoms with van der Waals surface area (Å²) in [6.07, 6.45) is 3.77. The topological polar surface area (TPSA) is 60.9 Å². The molecule has 0 saturated carbocycles. The molecular formula is C19H26N2O3. The van der Waals surface area contributed by atoms with Crippen molar-refractivity contribution in [2.45, 2.75) is 38.6 Å². The fourth-order valence-electron chi connectivity index (χ4n) is 3.97. The lowest BCUT2D eigenvalue weighted by Crippen LogP contribution is -2.41. The number of carbonyl (C=O) groups is 2. The molecule has 130 valence electrons. The van der Waals surface area contributed by atoms with Crippen LogP contribution >= 0.6 is 0 Å². The van der Waals surface area contributed by atoms with Gasteiger partial charge >= 0.3 is 5.97 Å². The van der Waals surface area contributed by atoms with Crippen LogP contribution in [0.3, 0.4) is 0 Å². The standard InChI is InChI=1S/C19H26N2O3/c1-19(18(23)24)10-11-21(13-19)12-17(22)20(2)16-9-5-7-14-6-3-4-8-15(14)16/h3-4,6,8,16H,5,7,9-13H2,1-2H3,(H,23,24). The summed E-state index contributed by atoms with van der Waals surface area (Å²) in [7, 11) is 1.88. The zero-order chi connectivity index (χ0) is 17.3. The molecule has 1 fully saturated rings. The van der Waals surface area contributed by atoms with Crippen molar-refractivity contribution in [3.05, 3.63) is 35.4 Å². The Morgan fingerprint density at radius 2 is 2.12 bits per heavy atom. The Morgan fingerprint density at radius 3 is 2.83 bits per heavy atom. The van der Waals surface area contributed by atoms with Crippen LogP contribution in [-0.2, 0) is 16.0 Å². The van der Waals surface area contributed by atoms with Crippen molar-refractivity contribution in [1.29, 1.82) is 0 Å². The first-order valence-corrected chi connectivity index (χ1v) is 8.70. The third kappa shape index (κ3) is 3.18. The summed E-state index contributed by atoms with van der Waals surface area (Å²) in [4.78, 5) is 27.9. The number of aliphatic carboxylic acids is 1. The highest BCUT2D eigenvalue weighted by Crippen LogP contribution is 2.34. The van der Waals surface area contributed by atoms with Crippen LogP contribution < -0.4 is 0 Å². The van der Waals surface area contributed by atoms with E-state index in [1.807, 2.05) is 22.9 Å².